The van der Waals surface area contributed by atoms with Gasteiger partial charge in [-0.15, -0.1) is 0 Å². The van der Waals surface area contributed by atoms with E-state index in [4.69, 9.17) is 11.1 Å². The van der Waals surface area contributed by atoms with E-state index < -0.39 is 11.7 Å². The fraction of sp³-hybridized carbons (Fsp3) is 0.125. The van der Waals surface area contributed by atoms with Gasteiger partial charge in [-0.1, -0.05) is 0 Å². The summed E-state index contributed by atoms with van der Waals surface area (Å²) in [5, 5.41) is 8.42. The molecule has 0 aliphatic carbocycles. The summed E-state index contributed by atoms with van der Waals surface area (Å²) in [5.41, 5.74) is 0.666. The maximum atomic E-state index is 12.3. The number of hydrogen-bond acceptors (Lipinski definition) is 3. The van der Waals surface area contributed by atoms with Crippen molar-refractivity contribution in [3.05, 3.63) is 29.3 Å². The summed E-state index contributed by atoms with van der Waals surface area (Å²) in [6.45, 7) is 0. The Kier molecular flexibility index (Phi) is 2.63. The third-order valence-corrected chi connectivity index (χ3v) is 1.61. The summed E-state index contributed by atoms with van der Waals surface area (Å²) >= 11 is 0. The molecule has 3 N–H and O–H groups in total. The Bertz CT molecular complexity index is 378. The molecule has 0 radical (unpaired) electrons. The third-order valence-electron chi connectivity index (χ3n) is 1.61. The number of nitriles is 1. The number of anilines is 1. The van der Waals surface area contributed by atoms with Crippen molar-refractivity contribution in [3.8, 4) is 6.07 Å². The number of nitrogens with zero attached hydrogens (tertiary/aromatic N) is 1. The topological polar surface area (TPSA) is 61.8 Å². The molecule has 0 spiro atoms. The van der Waals surface area contributed by atoms with Gasteiger partial charge in [0.25, 0.3) is 0 Å². The lowest BCUT2D eigenvalue weighted by Gasteiger charge is -2.11. The number of alkyl halides is 3. The van der Waals surface area contributed by atoms with Gasteiger partial charge < -0.3 is 5.43 Å². The van der Waals surface area contributed by atoms with E-state index in [2.05, 4.69) is 0 Å². The van der Waals surface area contributed by atoms with Crippen LogP contribution in [0.5, 0.6) is 0 Å². The summed E-state index contributed by atoms with van der Waals surface area (Å²) in [7, 11) is 0. The molecule has 1 rings (SSSR count). The average Bonchev–Trinajstić information content (AvgIpc) is 2.15. The smallest absolute Gasteiger partial charge is 0.324 e. The molecule has 1 aromatic rings. The number of hydrazine groups is 1. The molecule has 74 valence electrons. The number of benzene rings is 1. The molecule has 0 aliphatic rings. The van der Waals surface area contributed by atoms with Crippen molar-refractivity contribution in [3.63, 3.8) is 0 Å². The van der Waals surface area contributed by atoms with Crippen molar-refractivity contribution in [2.75, 3.05) is 5.43 Å². The number of hydrogen-bond donors (Lipinski definition) is 2. The Morgan fingerprint density at radius 1 is 1.36 bits per heavy atom. The minimum Gasteiger partial charge on any atom is -0.324 e. The van der Waals surface area contributed by atoms with Crippen LogP contribution in [0.15, 0.2) is 18.2 Å². The van der Waals surface area contributed by atoms with Crippen LogP contribution in [0.3, 0.4) is 0 Å². The van der Waals surface area contributed by atoms with Gasteiger partial charge in [-0.2, -0.15) is 18.4 Å². The second-order valence-electron chi connectivity index (χ2n) is 2.51. The van der Waals surface area contributed by atoms with Crippen molar-refractivity contribution < 1.29 is 13.2 Å². The first-order chi connectivity index (χ1) is 6.49. The molecule has 0 atom stereocenters. The second-order valence-corrected chi connectivity index (χ2v) is 2.51. The van der Waals surface area contributed by atoms with Gasteiger partial charge in [0.05, 0.1) is 22.9 Å². The molecule has 0 saturated carbocycles. The maximum Gasteiger partial charge on any atom is 0.418 e. The van der Waals surface area contributed by atoms with Crippen molar-refractivity contribution >= 4 is 5.69 Å². The van der Waals surface area contributed by atoms with E-state index in [0.717, 1.165) is 12.1 Å². The van der Waals surface area contributed by atoms with Gasteiger partial charge >= 0.3 is 6.18 Å². The monoisotopic (exact) mass is 201 g/mol. The summed E-state index contributed by atoms with van der Waals surface area (Å²) in [4.78, 5) is 0. The van der Waals surface area contributed by atoms with Crippen molar-refractivity contribution in [2.45, 2.75) is 6.18 Å². The molecule has 3 nitrogen and oxygen atoms in total. The zero-order valence-electron chi connectivity index (χ0n) is 6.89. The highest BCUT2D eigenvalue weighted by Crippen LogP contribution is 2.34. The molecular formula is C8H6F3N3. The molecule has 6 heteroatoms. The lowest BCUT2D eigenvalue weighted by molar-refractivity contribution is -0.137. The predicted molar refractivity (Wildman–Crippen MR) is 44.0 cm³/mol. The fourth-order valence-corrected chi connectivity index (χ4v) is 0.974. The zero-order chi connectivity index (χ0) is 10.8. The zero-order valence-corrected chi connectivity index (χ0v) is 6.89. The van der Waals surface area contributed by atoms with Gasteiger partial charge in [0.1, 0.15) is 0 Å². The van der Waals surface area contributed by atoms with Gasteiger partial charge in [0.15, 0.2) is 0 Å². The van der Waals surface area contributed by atoms with Crippen LogP contribution >= 0.6 is 0 Å². The summed E-state index contributed by atoms with van der Waals surface area (Å²) in [5.74, 6) is 4.91. The quantitative estimate of drug-likeness (QED) is 0.538. The maximum absolute atomic E-state index is 12.3. The third kappa shape index (κ3) is 1.95. The molecule has 0 fully saturated rings. The van der Waals surface area contributed by atoms with Crippen LogP contribution in [-0.2, 0) is 6.18 Å². The molecular weight excluding hydrogens is 195 g/mol. The fourth-order valence-electron chi connectivity index (χ4n) is 0.974. The molecule has 0 saturated heterocycles. The van der Waals surface area contributed by atoms with Crippen LogP contribution in [-0.4, -0.2) is 0 Å². The molecule has 1 aromatic carbocycles. The van der Waals surface area contributed by atoms with E-state index in [1.54, 1.807) is 6.07 Å². The summed E-state index contributed by atoms with van der Waals surface area (Å²) in [6, 6.07) is 4.73. The summed E-state index contributed by atoms with van der Waals surface area (Å²) < 4.78 is 37.0. The van der Waals surface area contributed by atoms with Crippen molar-refractivity contribution in [1.29, 1.82) is 5.26 Å². The van der Waals surface area contributed by atoms with E-state index in [-0.39, 0.29) is 11.3 Å². The van der Waals surface area contributed by atoms with E-state index in [1.807, 2.05) is 5.43 Å². The Labute approximate surface area is 77.9 Å². The number of nitrogen functional groups attached to an aromatic ring is 1. The van der Waals surface area contributed by atoms with Gasteiger partial charge in [0, 0.05) is 0 Å². The Hall–Kier alpha value is -1.74. The Morgan fingerprint density at radius 2 is 2.00 bits per heavy atom. The molecule has 0 amide bonds. The minimum atomic E-state index is -4.52. The first-order valence-electron chi connectivity index (χ1n) is 3.57. The number of nitrogens with two attached hydrogens (primary N) is 1. The average molecular weight is 201 g/mol. The van der Waals surface area contributed by atoms with Gasteiger partial charge in [0.2, 0.25) is 0 Å². The molecule has 14 heavy (non-hydrogen) atoms. The summed E-state index contributed by atoms with van der Waals surface area (Å²) in [6.07, 6.45) is -4.52. The van der Waals surface area contributed by atoms with E-state index in [9.17, 15) is 13.2 Å². The number of halogens is 3. The minimum absolute atomic E-state index is 0.0590. The van der Waals surface area contributed by atoms with Crippen molar-refractivity contribution in [1.82, 2.24) is 0 Å². The first kappa shape index (κ1) is 10.3. The van der Waals surface area contributed by atoms with Gasteiger partial charge in [-0.05, 0) is 18.2 Å². The standard InChI is InChI=1S/C8H6F3N3/c9-8(10,11)6-3-5(4-12)1-2-7(6)14-13/h1-3,14H,13H2. The number of nitrogens with one attached hydrogen (secondary N) is 1. The van der Waals surface area contributed by atoms with Crippen LogP contribution in [0.25, 0.3) is 0 Å². The van der Waals surface area contributed by atoms with Crippen LogP contribution in [0.4, 0.5) is 18.9 Å². The van der Waals surface area contributed by atoms with E-state index >= 15 is 0 Å². The first-order valence-corrected chi connectivity index (χ1v) is 3.57. The number of rotatable bonds is 1. The highest BCUT2D eigenvalue weighted by atomic mass is 19.4. The molecule has 0 unspecified atom stereocenters. The lowest BCUT2D eigenvalue weighted by atomic mass is 10.1. The van der Waals surface area contributed by atoms with Crippen molar-refractivity contribution in [2.24, 2.45) is 5.84 Å². The highest BCUT2D eigenvalue weighted by molar-refractivity contribution is 5.55. The van der Waals surface area contributed by atoms with Crippen LogP contribution in [0.2, 0.25) is 0 Å². The molecule has 0 bridgehead atoms. The lowest BCUT2D eigenvalue weighted by Crippen LogP contribution is -2.14. The molecule has 0 heterocycles. The van der Waals surface area contributed by atoms with Crippen LogP contribution in [0.1, 0.15) is 11.1 Å². The van der Waals surface area contributed by atoms with E-state index in [0.29, 0.717) is 0 Å². The van der Waals surface area contributed by atoms with Crippen LogP contribution < -0.4 is 11.3 Å². The molecule has 0 aliphatic heterocycles. The normalized spacial score (nSPS) is 10.8. The predicted octanol–water partition coefficient (Wildman–Crippen LogP) is 1.86. The largest absolute Gasteiger partial charge is 0.418 e. The van der Waals surface area contributed by atoms with Crippen LogP contribution in [0, 0.1) is 11.3 Å². The Morgan fingerprint density at radius 3 is 2.43 bits per heavy atom. The second kappa shape index (κ2) is 3.55. The van der Waals surface area contributed by atoms with Gasteiger partial charge in [-0.25, -0.2) is 0 Å². The SMILES string of the molecule is N#Cc1ccc(NN)c(C(F)(F)F)c1. The van der Waals surface area contributed by atoms with E-state index in [1.165, 1.54) is 6.07 Å². The highest BCUT2D eigenvalue weighted by Gasteiger charge is 2.33. The van der Waals surface area contributed by atoms with Gasteiger partial charge in [-0.3, -0.25) is 5.84 Å². The molecule has 0 aromatic heterocycles. The Balaban J connectivity index is 3.31.